The van der Waals surface area contributed by atoms with Gasteiger partial charge in [-0.2, -0.15) is 0 Å². The predicted molar refractivity (Wildman–Crippen MR) is 91.2 cm³/mol. The van der Waals surface area contributed by atoms with Crippen LogP contribution in [0.4, 0.5) is 0 Å². The van der Waals surface area contributed by atoms with Crippen LogP contribution in [0.3, 0.4) is 0 Å². The van der Waals surface area contributed by atoms with Crippen LogP contribution in [0, 0.1) is 0 Å². The van der Waals surface area contributed by atoms with Crippen molar-refractivity contribution in [3.8, 4) is 0 Å². The monoisotopic (exact) mass is 317 g/mol. The molecule has 0 saturated carbocycles. The third kappa shape index (κ3) is 6.02. The molecule has 1 aromatic rings. The summed E-state index contributed by atoms with van der Waals surface area (Å²) >= 11 is 0. The van der Waals surface area contributed by atoms with Gasteiger partial charge in [0.1, 0.15) is 0 Å². The molecule has 1 aliphatic heterocycles. The van der Waals surface area contributed by atoms with E-state index < -0.39 is 0 Å². The van der Waals surface area contributed by atoms with Crippen LogP contribution in [0.15, 0.2) is 24.3 Å². The molecule has 1 saturated heterocycles. The van der Waals surface area contributed by atoms with E-state index in [-0.39, 0.29) is 11.8 Å². The van der Waals surface area contributed by atoms with Crippen LogP contribution in [-0.2, 0) is 11.3 Å². The van der Waals surface area contributed by atoms with Crippen LogP contribution in [0.25, 0.3) is 0 Å². The molecule has 3 N–H and O–H groups in total. The fourth-order valence-corrected chi connectivity index (χ4v) is 2.68. The maximum Gasteiger partial charge on any atom is 0.251 e. The quantitative estimate of drug-likeness (QED) is 0.642. The molecule has 1 aromatic carbocycles. The van der Waals surface area contributed by atoms with Gasteiger partial charge in [-0.1, -0.05) is 25.5 Å². The van der Waals surface area contributed by atoms with E-state index in [1.54, 1.807) is 12.1 Å². The minimum absolute atomic E-state index is 0.0404. The highest BCUT2D eigenvalue weighted by Crippen LogP contribution is 2.09. The maximum atomic E-state index is 11.9. The standard InChI is InChI=1S/C18H27N3O2/c1-2-3-10-20-18(23)15-8-6-14(7-9-15)13-21-17(22)12-16-5-4-11-19-16/h6-9,16,19H,2-5,10-13H2,1H3,(H,20,23)(H,21,22). The molecule has 5 nitrogen and oxygen atoms in total. The van der Waals surface area contributed by atoms with Crippen LogP contribution in [0.2, 0.25) is 0 Å². The van der Waals surface area contributed by atoms with Crippen molar-refractivity contribution in [1.82, 2.24) is 16.0 Å². The number of amides is 2. The number of hydrogen-bond acceptors (Lipinski definition) is 3. The Bertz CT molecular complexity index is 508. The zero-order valence-electron chi connectivity index (χ0n) is 13.9. The van der Waals surface area contributed by atoms with Gasteiger partial charge >= 0.3 is 0 Å². The minimum atomic E-state index is -0.0404. The molecule has 5 heteroatoms. The van der Waals surface area contributed by atoms with Gasteiger partial charge in [0.25, 0.3) is 5.91 Å². The Kier molecular flexibility index (Phi) is 7.07. The fraction of sp³-hybridized carbons (Fsp3) is 0.556. The molecule has 1 heterocycles. The third-order valence-corrected chi connectivity index (χ3v) is 4.12. The highest BCUT2D eigenvalue weighted by atomic mass is 16.2. The second-order valence-corrected chi connectivity index (χ2v) is 6.08. The number of nitrogens with one attached hydrogen (secondary N) is 3. The van der Waals surface area contributed by atoms with E-state index in [4.69, 9.17) is 0 Å². The molecule has 1 unspecified atom stereocenters. The number of unbranched alkanes of at least 4 members (excludes halogenated alkanes) is 1. The first-order valence-corrected chi connectivity index (χ1v) is 8.56. The van der Waals surface area contributed by atoms with Gasteiger partial charge in [-0.25, -0.2) is 0 Å². The van der Waals surface area contributed by atoms with E-state index in [1.807, 2.05) is 12.1 Å². The first-order valence-electron chi connectivity index (χ1n) is 8.56. The zero-order chi connectivity index (χ0) is 16.5. The van der Waals surface area contributed by atoms with Crippen LogP contribution in [0.1, 0.15) is 54.9 Å². The molecule has 0 aromatic heterocycles. The molecule has 0 aliphatic carbocycles. The van der Waals surface area contributed by atoms with E-state index in [0.717, 1.165) is 37.8 Å². The van der Waals surface area contributed by atoms with Crippen molar-refractivity contribution < 1.29 is 9.59 Å². The van der Waals surface area contributed by atoms with E-state index in [1.165, 1.54) is 0 Å². The first-order chi connectivity index (χ1) is 11.2. The Morgan fingerprint density at radius 3 is 2.65 bits per heavy atom. The maximum absolute atomic E-state index is 11.9. The Morgan fingerprint density at radius 2 is 2.00 bits per heavy atom. The van der Waals surface area contributed by atoms with E-state index in [2.05, 4.69) is 22.9 Å². The molecular formula is C18H27N3O2. The summed E-state index contributed by atoms with van der Waals surface area (Å²) in [6.07, 6.45) is 4.83. The van der Waals surface area contributed by atoms with Crippen molar-refractivity contribution >= 4 is 11.8 Å². The highest BCUT2D eigenvalue weighted by molar-refractivity contribution is 5.94. The van der Waals surface area contributed by atoms with Gasteiger partial charge in [0.2, 0.25) is 5.91 Å². The summed E-state index contributed by atoms with van der Waals surface area (Å²) in [5.41, 5.74) is 1.66. The lowest BCUT2D eigenvalue weighted by Crippen LogP contribution is -2.31. The summed E-state index contributed by atoms with van der Waals surface area (Å²) in [6.45, 7) is 4.32. The van der Waals surface area contributed by atoms with Gasteiger partial charge in [-0.15, -0.1) is 0 Å². The van der Waals surface area contributed by atoms with Gasteiger partial charge in [-0.3, -0.25) is 9.59 Å². The summed E-state index contributed by atoms with van der Waals surface area (Å²) in [5.74, 6) is 0.0344. The molecular weight excluding hydrogens is 290 g/mol. The number of hydrogen-bond donors (Lipinski definition) is 3. The Balaban J connectivity index is 1.73. The smallest absolute Gasteiger partial charge is 0.251 e. The van der Waals surface area contributed by atoms with Crippen LogP contribution in [-0.4, -0.2) is 30.9 Å². The number of rotatable bonds is 8. The first kappa shape index (κ1) is 17.5. The number of carbonyl (C=O) groups is 2. The molecule has 1 atom stereocenters. The van der Waals surface area contributed by atoms with E-state index in [0.29, 0.717) is 31.1 Å². The molecule has 0 spiro atoms. The Labute approximate surface area is 138 Å². The van der Waals surface area contributed by atoms with Gasteiger partial charge in [0, 0.05) is 31.1 Å². The Morgan fingerprint density at radius 1 is 1.22 bits per heavy atom. The minimum Gasteiger partial charge on any atom is -0.352 e. The molecule has 0 bridgehead atoms. The lowest BCUT2D eigenvalue weighted by atomic mass is 10.1. The highest BCUT2D eigenvalue weighted by Gasteiger charge is 2.17. The molecule has 1 fully saturated rings. The van der Waals surface area contributed by atoms with Gasteiger partial charge in [-0.05, 0) is 43.5 Å². The number of benzene rings is 1. The van der Waals surface area contributed by atoms with E-state index >= 15 is 0 Å². The van der Waals surface area contributed by atoms with Gasteiger partial charge in [0.15, 0.2) is 0 Å². The van der Waals surface area contributed by atoms with Gasteiger partial charge in [0.05, 0.1) is 0 Å². The predicted octanol–water partition coefficient (Wildman–Crippen LogP) is 1.97. The van der Waals surface area contributed by atoms with Crippen molar-refractivity contribution in [2.75, 3.05) is 13.1 Å². The fourth-order valence-electron chi connectivity index (χ4n) is 2.68. The second kappa shape index (κ2) is 9.30. The lowest BCUT2D eigenvalue weighted by molar-refractivity contribution is -0.121. The molecule has 2 amide bonds. The average molecular weight is 317 g/mol. The molecule has 2 rings (SSSR count). The number of carbonyl (C=O) groups excluding carboxylic acids is 2. The molecule has 0 radical (unpaired) electrons. The zero-order valence-corrected chi connectivity index (χ0v) is 13.9. The summed E-state index contributed by atoms with van der Waals surface area (Å²) < 4.78 is 0. The average Bonchev–Trinajstić information content (AvgIpc) is 3.06. The SMILES string of the molecule is CCCCNC(=O)c1ccc(CNC(=O)CC2CCCN2)cc1. The van der Waals surface area contributed by atoms with Crippen molar-refractivity contribution in [3.63, 3.8) is 0 Å². The second-order valence-electron chi connectivity index (χ2n) is 6.08. The summed E-state index contributed by atoms with van der Waals surface area (Å²) in [4.78, 5) is 23.8. The van der Waals surface area contributed by atoms with Crippen molar-refractivity contribution in [2.24, 2.45) is 0 Å². The van der Waals surface area contributed by atoms with Crippen molar-refractivity contribution in [1.29, 1.82) is 0 Å². The normalized spacial score (nSPS) is 17.0. The van der Waals surface area contributed by atoms with Crippen molar-refractivity contribution in [2.45, 2.75) is 51.6 Å². The summed E-state index contributed by atoms with van der Waals surface area (Å²) in [7, 11) is 0. The van der Waals surface area contributed by atoms with Crippen LogP contribution >= 0.6 is 0 Å². The van der Waals surface area contributed by atoms with E-state index in [9.17, 15) is 9.59 Å². The van der Waals surface area contributed by atoms with Crippen molar-refractivity contribution in [3.05, 3.63) is 35.4 Å². The van der Waals surface area contributed by atoms with Crippen LogP contribution in [0.5, 0.6) is 0 Å². The third-order valence-electron chi connectivity index (χ3n) is 4.12. The summed E-state index contributed by atoms with van der Waals surface area (Å²) in [6, 6.07) is 7.72. The lowest BCUT2D eigenvalue weighted by Gasteiger charge is -2.11. The molecule has 1 aliphatic rings. The molecule has 23 heavy (non-hydrogen) atoms. The van der Waals surface area contributed by atoms with Crippen LogP contribution < -0.4 is 16.0 Å². The largest absolute Gasteiger partial charge is 0.352 e. The topological polar surface area (TPSA) is 70.2 Å². The van der Waals surface area contributed by atoms with Gasteiger partial charge < -0.3 is 16.0 Å². The summed E-state index contributed by atoms with van der Waals surface area (Å²) in [5, 5.41) is 9.15. The Hall–Kier alpha value is -1.88. The molecule has 126 valence electrons.